The summed E-state index contributed by atoms with van der Waals surface area (Å²) < 4.78 is 6.77. The molecule has 1 N–H and O–H groups in total. The third-order valence-corrected chi connectivity index (χ3v) is 6.68. The van der Waals surface area contributed by atoms with Crippen LogP contribution in [0, 0.1) is 6.92 Å². The van der Waals surface area contributed by atoms with Gasteiger partial charge in [0.05, 0.1) is 18.3 Å². The van der Waals surface area contributed by atoms with Crippen LogP contribution in [0.5, 0.6) is 0 Å². The maximum atomic E-state index is 13.7. The summed E-state index contributed by atoms with van der Waals surface area (Å²) in [5.74, 6) is -1.05. The molecule has 0 unspecified atom stereocenters. The van der Waals surface area contributed by atoms with E-state index in [-0.39, 0.29) is 30.6 Å². The number of amides is 2. The van der Waals surface area contributed by atoms with Crippen LogP contribution in [-0.2, 0) is 27.3 Å². The molecule has 0 radical (unpaired) electrons. The average molecular weight is 555 g/mol. The molecule has 2 amide bonds. The zero-order valence-electron chi connectivity index (χ0n) is 21.2. The first-order valence-corrected chi connectivity index (χ1v) is 12.9. The van der Waals surface area contributed by atoms with Crippen LogP contribution in [0.2, 0.25) is 10.0 Å². The van der Waals surface area contributed by atoms with Crippen molar-refractivity contribution < 1.29 is 19.1 Å². The van der Waals surface area contributed by atoms with E-state index in [2.05, 4.69) is 16.9 Å². The van der Waals surface area contributed by atoms with Gasteiger partial charge < -0.3 is 14.6 Å². The van der Waals surface area contributed by atoms with Crippen LogP contribution in [0.4, 0.5) is 11.6 Å². The Morgan fingerprint density at radius 2 is 1.82 bits per heavy atom. The summed E-state index contributed by atoms with van der Waals surface area (Å²) >= 11 is 12.5. The number of aromatic nitrogens is 2. The van der Waals surface area contributed by atoms with Crippen molar-refractivity contribution in [3.63, 3.8) is 0 Å². The predicted octanol–water partition coefficient (Wildman–Crippen LogP) is 5.42. The van der Waals surface area contributed by atoms with E-state index in [0.717, 1.165) is 11.1 Å². The van der Waals surface area contributed by atoms with Gasteiger partial charge in [0, 0.05) is 16.6 Å². The molecule has 4 rings (SSSR count). The zero-order chi connectivity index (χ0) is 27.4. The van der Waals surface area contributed by atoms with E-state index in [0.29, 0.717) is 35.1 Å². The van der Waals surface area contributed by atoms with Gasteiger partial charge in [-0.25, -0.2) is 14.7 Å². The van der Waals surface area contributed by atoms with E-state index in [4.69, 9.17) is 27.9 Å². The number of imidazole rings is 1. The number of anilines is 2. The number of nitrogens with one attached hydrogen (secondary N) is 1. The smallest absolute Gasteiger partial charge is 0.332 e. The summed E-state index contributed by atoms with van der Waals surface area (Å²) in [7, 11) is 0. The molecule has 10 heteroatoms. The van der Waals surface area contributed by atoms with Crippen molar-refractivity contribution in [1.82, 2.24) is 14.9 Å². The van der Waals surface area contributed by atoms with Gasteiger partial charge in [-0.1, -0.05) is 65.7 Å². The van der Waals surface area contributed by atoms with Crippen molar-refractivity contribution in [2.24, 2.45) is 0 Å². The third kappa shape index (κ3) is 5.92. The zero-order valence-corrected chi connectivity index (χ0v) is 22.7. The van der Waals surface area contributed by atoms with E-state index in [1.54, 1.807) is 22.8 Å². The van der Waals surface area contributed by atoms with Crippen molar-refractivity contribution in [1.29, 1.82) is 0 Å². The summed E-state index contributed by atoms with van der Waals surface area (Å²) in [5, 5.41) is 3.50. The number of halogens is 2. The van der Waals surface area contributed by atoms with Gasteiger partial charge in [0.25, 0.3) is 5.91 Å². The Balaban J connectivity index is 1.69. The lowest BCUT2D eigenvalue weighted by Crippen LogP contribution is -2.44. The standard InChI is InChI=1S/C28H28Cl2N4O4/c1-4-12-38-26(37)28(10-11-28)32-25(36)23-17-31-27(33(23)5-2)34(22-15-20(29)14-21(30)16-22)24(35)13-19-8-6-18(3)7-9-19/h4,6-9,14-17H,1,5,10-13H2,2-3H3,(H,32,36). The molecule has 0 spiro atoms. The topological polar surface area (TPSA) is 93.5 Å². The van der Waals surface area contributed by atoms with E-state index in [1.807, 2.05) is 38.1 Å². The fraction of sp³-hybridized carbons (Fsp3) is 0.286. The molecule has 0 aliphatic heterocycles. The highest BCUT2D eigenvalue weighted by Gasteiger charge is 2.53. The van der Waals surface area contributed by atoms with Crippen molar-refractivity contribution in [3.8, 4) is 0 Å². The molecule has 1 saturated carbocycles. The highest BCUT2D eigenvalue weighted by molar-refractivity contribution is 6.35. The third-order valence-electron chi connectivity index (χ3n) is 6.24. The van der Waals surface area contributed by atoms with Gasteiger partial charge in [-0.15, -0.1) is 0 Å². The van der Waals surface area contributed by atoms with E-state index in [9.17, 15) is 14.4 Å². The van der Waals surface area contributed by atoms with Gasteiger partial charge in [-0.05, 0) is 50.5 Å². The second-order valence-corrected chi connectivity index (χ2v) is 10.0. The fourth-order valence-corrected chi connectivity index (χ4v) is 4.61. The Bertz CT molecular complexity index is 1360. The second kappa shape index (κ2) is 11.4. The average Bonchev–Trinajstić information content (AvgIpc) is 3.53. The number of carbonyl (C=O) groups excluding carboxylic acids is 3. The number of hydrogen-bond donors (Lipinski definition) is 1. The van der Waals surface area contributed by atoms with Gasteiger partial charge in [-0.3, -0.25) is 9.59 Å². The number of rotatable bonds is 10. The van der Waals surface area contributed by atoms with Gasteiger partial charge in [0.1, 0.15) is 17.8 Å². The molecule has 1 aliphatic rings. The number of ether oxygens (including phenoxy) is 1. The number of esters is 1. The number of carbonyl (C=O) groups is 3. The minimum Gasteiger partial charge on any atom is -0.460 e. The van der Waals surface area contributed by atoms with Crippen LogP contribution in [0.1, 0.15) is 41.4 Å². The van der Waals surface area contributed by atoms with Crippen LogP contribution in [0.25, 0.3) is 0 Å². The van der Waals surface area contributed by atoms with Crippen LogP contribution < -0.4 is 10.2 Å². The number of aryl methyl sites for hydroxylation is 1. The quantitative estimate of drug-likeness (QED) is 0.267. The molecule has 2 aromatic carbocycles. The summed E-state index contributed by atoms with van der Waals surface area (Å²) in [4.78, 5) is 45.3. The second-order valence-electron chi connectivity index (χ2n) is 9.13. The minimum atomic E-state index is -1.06. The van der Waals surface area contributed by atoms with Gasteiger partial charge in [0.15, 0.2) is 0 Å². The molecular formula is C28H28Cl2N4O4. The Morgan fingerprint density at radius 1 is 1.16 bits per heavy atom. The van der Waals surface area contributed by atoms with E-state index < -0.39 is 17.4 Å². The van der Waals surface area contributed by atoms with Crippen LogP contribution >= 0.6 is 23.2 Å². The maximum absolute atomic E-state index is 13.7. The lowest BCUT2D eigenvalue weighted by molar-refractivity contribution is -0.145. The van der Waals surface area contributed by atoms with Gasteiger partial charge in [-0.2, -0.15) is 0 Å². The molecule has 1 fully saturated rings. The number of nitrogens with zero attached hydrogens (tertiary/aromatic N) is 3. The first-order valence-electron chi connectivity index (χ1n) is 12.2. The predicted molar refractivity (Wildman–Crippen MR) is 147 cm³/mol. The Labute approximate surface area is 231 Å². The summed E-state index contributed by atoms with van der Waals surface area (Å²) in [5.41, 5.74) is 1.45. The minimum absolute atomic E-state index is 0.0632. The molecule has 1 aliphatic carbocycles. The monoisotopic (exact) mass is 554 g/mol. The Kier molecular flexibility index (Phi) is 8.23. The summed E-state index contributed by atoms with van der Waals surface area (Å²) in [6.07, 6.45) is 3.89. The molecule has 8 nitrogen and oxygen atoms in total. The van der Waals surface area contributed by atoms with Crippen LogP contribution in [0.15, 0.2) is 61.3 Å². The van der Waals surface area contributed by atoms with Crippen molar-refractivity contribution >= 4 is 52.6 Å². The molecule has 38 heavy (non-hydrogen) atoms. The first kappa shape index (κ1) is 27.4. The SMILES string of the molecule is C=CCOC(=O)C1(NC(=O)c2cnc(N(C(=O)Cc3ccc(C)cc3)c3cc(Cl)cc(Cl)c3)n2CC)CC1. The molecule has 1 aromatic heterocycles. The Morgan fingerprint density at radius 3 is 2.39 bits per heavy atom. The highest BCUT2D eigenvalue weighted by Crippen LogP contribution is 2.37. The molecule has 198 valence electrons. The first-order chi connectivity index (χ1) is 18.2. The molecule has 0 saturated heterocycles. The van der Waals surface area contributed by atoms with Crippen LogP contribution in [0.3, 0.4) is 0 Å². The lowest BCUT2D eigenvalue weighted by Gasteiger charge is -2.24. The Hall–Kier alpha value is -3.62. The van der Waals surface area contributed by atoms with E-state index >= 15 is 0 Å². The lowest BCUT2D eigenvalue weighted by atomic mass is 10.1. The highest BCUT2D eigenvalue weighted by atomic mass is 35.5. The van der Waals surface area contributed by atoms with Gasteiger partial charge in [0.2, 0.25) is 11.9 Å². The van der Waals surface area contributed by atoms with Gasteiger partial charge >= 0.3 is 5.97 Å². The molecule has 0 bridgehead atoms. The largest absolute Gasteiger partial charge is 0.460 e. The molecule has 1 heterocycles. The molecule has 0 atom stereocenters. The van der Waals surface area contributed by atoms with Crippen LogP contribution in [-0.4, -0.2) is 39.5 Å². The normalized spacial score (nSPS) is 13.5. The maximum Gasteiger partial charge on any atom is 0.332 e. The van der Waals surface area contributed by atoms with E-state index in [1.165, 1.54) is 17.2 Å². The molecular weight excluding hydrogens is 527 g/mol. The number of benzene rings is 2. The summed E-state index contributed by atoms with van der Waals surface area (Å²) in [6.45, 7) is 7.74. The molecule has 3 aromatic rings. The summed E-state index contributed by atoms with van der Waals surface area (Å²) in [6, 6.07) is 12.5. The van der Waals surface area contributed by atoms with Crippen molar-refractivity contribution in [2.45, 2.75) is 45.2 Å². The van der Waals surface area contributed by atoms with Crippen molar-refractivity contribution in [3.05, 3.63) is 88.2 Å². The number of hydrogen-bond acceptors (Lipinski definition) is 5. The van der Waals surface area contributed by atoms with Crippen molar-refractivity contribution in [2.75, 3.05) is 11.5 Å². The fourth-order valence-electron chi connectivity index (χ4n) is 4.10.